The van der Waals surface area contributed by atoms with Gasteiger partial charge in [0, 0.05) is 11.6 Å². The standard InChI is InChI=1S/C9H8BNO2.C2H6/c12-10(13)8-4-3-7-2-1-5-11-9(7)6-8;1-2/h1-6,12-13H;1-2H3. The topological polar surface area (TPSA) is 53.4 Å². The van der Waals surface area contributed by atoms with Crippen LogP contribution in [0.2, 0.25) is 0 Å². The molecule has 1 aromatic carbocycles. The van der Waals surface area contributed by atoms with Crippen molar-refractivity contribution in [3.05, 3.63) is 36.5 Å². The van der Waals surface area contributed by atoms with Gasteiger partial charge in [0.15, 0.2) is 0 Å². The molecule has 78 valence electrons. The number of nitrogens with zero attached hydrogens (tertiary/aromatic N) is 1. The Hall–Kier alpha value is -1.39. The van der Waals surface area contributed by atoms with E-state index < -0.39 is 7.12 Å². The largest absolute Gasteiger partial charge is 0.488 e. The second-order valence-corrected chi connectivity index (χ2v) is 2.83. The Kier molecular flexibility index (Phi) is 4.27. The van der Waals surface area contributed by atoms with Gasteiger partial charge in [-0.15, -0.1) is 0 Å². The van der Waals surface area contributed by atoms with Crippen molar-refractivity contribution in [2.24, 2.45) is 0 Å². The van der Waals surface area contributed by atoms with Crippen molar-refractivity contribution in [3.63, 3.8) is 0 Å². The second kappa shape index (κ2) is 5.48. The summed E-state index contributed by atoms with van der Waals surface area (Å²) in [4.78, 5) is 4.10. The van der Waals surface area contributed by atoms with Crippen LogP contribution in [0.3, 0.4) is 0 Å². The summed E-state index contributed by atoms with van der Waals surface area (Å²) in [5, 5.41) is 18.8. The molecule has 0 atom stereocenters. The minimum Gasteiger partial charge on any atom is -0.423 e. The smallest absolute Gasteiger partial charge is 0.423 e. The molecule has 2 aromatic rings. The van der Waals surface area contributed by atoms with Crippen LogP contribution >= 0.6 is 0 Å². The predicted molar refractivity (Wildman–Crippen MR) is 62.9 cm³/mol. The van der Waals surface area contributed by atoms with E-state index in [1.807, 2.05) is 32.0 Å². The van der Waals surface area contributed by atoms with Gasteiger partial charge in [0.25, 0.3) is 0 Å². The summed E-state index contributed by atoms with van der Waals surface area (Å²) in [5.74, 6) is 0. The average molecular weight is 203 g/mol. The SMILES string of the molecule is CC.OB(O)c1ccc2cccnc2c1. The molecule has 0 aliphatic heterocycles. The third-order valence-corrected chi connectivity index (χ3v) is 1.93. The maximum Gasteiger partial charge on any atom is 0.488 e. The highest BCUT2D eigenvalue weighted by Crippen LogP contribution is 2.07. The molecular weight excluding hydrogens is 189 g/mol. The molecule has 2 N–H and O–H groups in total. The molecule has 1 heterocycles. The molecule has 0 fully saturated rings. The van der Waals surface area contributed by atoms with Gasteiger partial charge in [0.1, 0.15) is 0 Å². The summed E-state index contributed by atoms with van der Waals surface area (Å²) < 4.78 is 0. The summed E-state index contributed by atoms with van der Waals surface area (Å²) in [6, 6.07) is 8.93. The third-order valence-electron chi connectivity index (χ3n) is 1.93. The van der Waals surface area contributed by atoms with E-state index in [2.05, 4.69) is 4.98 Å². The first-order chi connectivity index (χ1) is 7.27. The molecule has 2 rings (SSSR count). The number of benzene rings is 1. The van der Waals surface area contributed by atoms with Crippen LogP contribution in [-0.2, 0) is 0 Å². The maximum absolute atomic E-state index is 8.91. The zero-order valence-electron chi connectivity index (χ0n) is 8.88. The second-order valence-electron chi connectivity index (χ2n) is 2.83. The Morgan fingerprint density at radius 1 is 1.13 bits per heavy atom. The van der Waals surface area contributed by atoms with Gasteiger partial charge in [0.05, 0.1) is 5.52 Å². The van der Waals surface area contributed by atoms with E-state index in [4.69, 9.17) is 10.0 Å². The van der Waals surface area contributed by atoms with Crippen molar-refractivity contribution in [1.29, 1.82) is 0 Å². The molecule has 0 aliphatic carbocycles. The fourth-order valence-electron chi connectivity index (χ4n) is 1.24. The van der Waals surface area contributed by atoms with Crippen molar-refractivity contribution in [2.75, 3.05) is 0 Å². The fourth-order valence-corrected chi connectivity index (χ4v) is 1.24. The van der Waals surface area contributed by atoms with Crippen LogP contribution in [0.5, 0.6) is 0 Å². The number of pyridine rings is 1. The summed E-state index contributed by atoms with van der Waals surface area (Å²) in [6.45, 7) is 4.00. The molecule has 1 aromatic heterocycles. The number of fused-ring (bicyclic) bond motifs is 1. The summed E-state index contributed by atoms with van der Waals surface area (Å²) in [7, 11) is -1.42. The van der Waals surface area contributed by atoms with Crippen molar-refractivity contribution < 1.29 is 10.0 Å². The van der Waals surface area contributed by atoms with Crippen LogP contribution in [-0.4, -0.2) is 22.2 Å². The van der Waals surface area contributed by atoms with Crippen LogP contribution in [0.4, 0.5) is 0 Å². The van der Waals surface area contributed by atoms with Crippen LogP contribution in [0.1, 0.15) is 13.8 Å². The third kappa shape index (κ3) is 2.78. The van der Waals surface area contributed by atoms with E-state index in [0.717, 1.165) is 10.9 Å². The van der Waals surface area contributed by atoms with Crippen LogP contribution in [0, 0.1) is 0 Å². The number of hydrogen-bond acceptors (Lipinski definition) is 3. The van der Waals surface area contributed by atoms with Crippen LogP contribution < -0.4 is 5.46 Å². The molecule has 0 amide bonds. The lowest BCUT2D eigenvalue weighted by molar-refractivity contribution is 0.426. The maximum atomic E-state index is 8.91. The average Bonchev–Trinajstić information content (AvgIpc) is 2.31. The molecule has 0 spiro atoms. The number of aromatic nitrogens is 1. The Morgan fingerprint density at radius 3 is 2.53 bits per heavy atom. The summed E-state index contributed by atoms with van der Waals surface area (Å²) in [5.41, 5.74) is 1.24. The van der Waals surface area contributed by atoms with E-state index >= 15 is 0 Å². The molecule has 3 nitrogen and oxygen atoms in total. The Bertz CT molecular complexity index is 432. The zero-order chi connectivity index (χ0) is 11.3. The lowest BCUT2D eigenvalue weighted by Gasteiger charge is -2.00. The normalized spacial score (nSPS) is 9.33. The van der Waals surface area contributed by atoms with Crippen LogP contribution in [0.25, 0.3) is 10.9 Å². The highest BCUT2D eigenvalue weighted by molar-refractivity contribution is 6.58. The van der Waals surface area contributed by atoms with Gasteiger partial charge in [0.2, 0.25) is 0 Å². The van der Waals surface area contributed by atoms with Gasteiger partial charge >= 0.3 is 7.12 Å². The predicted octanol–water partition coefficient (Wildman–Crippen LogP) is 0.941. The van der Waals surface area contributed by atoms with Crippen molar-refractivity contribution >= 4 is 23.5 Å². The number of rotatable bonds is 1. The molecule has 4 heteroatoms. The molecule has 0 unspecified atom stereocenters. The Labute approximate surface area is 89.5 Å². The van der Waals surface area contributed by atoms with Crippen molar-refractivity contribution in [3.8, 4) is 0 Å². The highest BCUT2D eigenvalue weighted by atomic mass is 16.4. The zero-order valence-corrected chi connectivity index (χ0v) is 8.88. The number of hydrogen-bond donors (Lipinski definition) is 2. The monoisotopic (exact) mass is 203 g/mol. The summed E-state index contributed by atoms with van der Waals surface area (Å²) in [6.07, 6.45) is 1.68. The van der Waals surface area contributed by atoms with Gasteiger partial charge in [-0.25, -0.2) is 0 Å². The first-order valence-electron chi connectivity index (χ1n) is 4.98. The fraction of sp³-hybridized carbons (Fsp3) is 0.182. The van der Waals surface area contributed by atoms with Gasteiger partial charge < -0.3 is 10.0 Å². The molecule has 0 saturated heterocycles. The molecular formula is C11H14BNO2. The first-order valence-corrected chi connectivity index (χ1v) is 4.98. The Morgan fingerprint density at radius 2 is 1.87 bits per heavy atom. The molecule has 0 radical (unpaired) electrons. The summed E-state index contributed by atoms with van der Waals surface area (Å²) >= 11 is 0. The van der Waals surface area contributed by atoms with Crippen molar-refractivity contribution in [1.82, 2.24) is 4.98 Å². The quantitative estimate of drug-likeness (QED) is 0.678. The molecule has 0 bridgehead atoms. The minimum atomic E-state index is -1.42. The van der Waals surface area contributed by atoms with E-state index in [0.29, 0.717) is 5.46 Å². The van der Waals surface area contributed by atoms with Crippen LogP contribution in [0.15, 0.2) is 36.5 Å². The minimum absolute atomic E-state index is 0.464. The molecule has 0 saturated carbocycles. The Balaban J connectivity index is 0.000000531. The lowest BCUT2D eigenvalue weighted by Crippen LogP contribution is -2.29. The molecule has 0 aliphatic rings. The van der Waals surface area contributed by atoms with E-state index in [-0.39, 0.29) is 0 Å². The lowest BCUT2D eigenvalue weighted by atomic mass is 9.80. The highest BCUT2D eigenvalue weighted by Gasteiger charge is 2.10. The van der Waals surface area contributed by atoms with Gasteiger partial charge in [-0.1, -0.05) is 32.0 Å². The molecule has 15 heavy (non-hydrogen) atoms. The van der Waals surface area contributed by atoms with Gasteiger partial charge in [-0.05, 0) is 17.6 Å². The van der Waals surface area contributed by atoms with Gasteiger partial charge in [-0.2, -0.15) is 0 Å². The van der Waals surface area contributed by atoms with E-state index in [9.17, 15) is 0 Å². The van der Waals surface area contributed by atoms with E-state index in [1.165, 1.54) is 0 Å². The van der Waals surface area contributed by atoms with Gasteiger partial charge in [-0.3, -0.25) is 4.98 Å². The van der Waals surface area contributed by atoms with Crippen molar-refractivity contribution in [2.45, 2.75) is 13.8 Å². The first kappa shape index (κ1) is 11.7. The van der Waals surface area contributed by atoms with E-state index in [1.54, 1.807) is 18.3 Å².